The third-order valence-electron chi connectivity index (χ3n) is 4.15. The summed E-state index contributed by atoms with van der Waals surface area (Å²) in [7, 11) is 0. The van der Waals surface area contributed by atoms with Crippen LogP contribution in [0.4, 0.5) is 4.39 Å². The van der Waals surface area contributed by atoms with E-state index in [0.29, 0.717) is 17.6 Å². The van der Waals surface area contributed by atoms with E-state index in [1.807, 2.05) is 24.3 Å². The number of rotatable bonds is 3. The average molecular weight is 311 g/mol. The summed E-state index contributed by atoms with van der Waals surface area (Å²) in [6, 6.07) is 13.6. The van der Waals surface area contributed by atoms with Crippen LogP contribution in [-0.4, -0.2) is 17.1 Å². The number of fused-ring (bicyclic) bond motifs is 1. The standard InChI is InChI=1S/C19H18FNO2/c1-12(14-7-4-5-9-16(14)20)10-18(23)21-19-15-8-3-2-6-13(15)11-17(19)22/h2-10,17,19,22H,11H2,1H3,(H,21,23)/b12-10-/t17-,19+/m1/s1. The quantitative estimate of drug-likeness (QED) is 0.856. The highest BCUT2D eigenvalue weighted by Gasteiger charge is 2.31. The zero-order chi connectivity index (χ0) is 16.4. The van der Waals surface area contributed by atoms with Gasteiger partial charge >= 0.3 is 0 Å². The monoisotopic (exact) mass is 311 g/mol. The first-order chi connectivity index (χ1) is 11.1. The molecule has 0 unspecified atom stereocenters. The molecule has 3 nitrogen and oxygen atoms in total. The second kappa shape index (κ2) is 6.34. The molecule has 0 fully saturated rings. The molecule has 0 saturated carbocycles. The van der Waals surface area contributed by atoms with E-state index >= 15 is 0 Å². The van der Waals surface area contributed by atoms with E-state index in [-0.39, 0.29) is 11.7 Å². The number of allylic oxidation sites excluding steroid dienone is 1. The van der Waals surface area contributed by atoms with Gasteiger partial charge in [0.1, 0.15) is 5.82 Å². The SMILES string of the molecule is C/C(=C/C(=O)N[C@H]1c2ccccc2C[C@H]1O)c1ccccc1F. The number of amides is 1. The lowest BCUT2D eigenvalue weighted by molar-refractivity contribution is -0.117. The summed E-state index contributed by atoms with van der Waals surface area (Å²) in [6.45, 7) is 1.69. The van der Waals surface area contributed by atoms with Gasteiger partial charge < -0.3 is 10.4 Å². The van der Waals surface area contributed by atoms with Gasteiger partial charge in [0.05, 0.1) is 12.1 Å². The van der Waals surface area contributed by atoms with Crippen LogP contribution in [0.25, 0.3) is 5.57 Å². The van der Waals surface area contributed by atoms with Crippen molar-refractivity contribution in [3.8, 4) is 0 Å². The van der Waals surface area contributed by atoms with Crippen LogP contribution in [0.5, 0.6) is 0 Å². The smallest absolute Gasteiger partial charge is 0.244 e. The van der Waals surface area contributed by atoms with Crippen molar-refractivity contribution in [2.75, 3.05) is 0 Å². The molecule has 4 heteroatoms. The predicted molar refractivity (Wildman–Crippen MR) is 87.1 cm³/mol. The number of hydrogen-bond acceptors (Lipinski definition) is 2. The van der Waals surface area contributed by atoms with E-state index < -0.39 is 12.1 Å². The normalized spacial score (nSPS) is 20.2. The Kier molecular flexibility index (Phi) is 4.26. The van der Waals surface area contributed by atoms with Crippen LogP contribution in [0.3, 0.4) is 0 Å². The Hall–Kier alpha value is -2.46. The average Bonchev–Trinajstić information content (AvgIpc) is 2.83. The number of aliphatic hydroxyl groups is 1. The van der Waals surface area contributed by atoms with Gasteiger partial charge in [-0.1, -0.05) is 42.5 Å². The van der Waals surface area contributed by atoms with Crippen LogP contribution in [0, 0.1) is 5.82 Å². The minimum absolute atomic E-state index is 0.341. The third kappa shape index (κ3) is 3.17. The lowest BCUT2D eigenvalue weighted by atomic mass is 10.1. The maximum absolute atomic E-state index is 13.7. The molecule has 0 spiro atoms. The van der Waals surface area contributed by atoms with Crippen molar-refractivity contribution in [1.29, 1.82) is 0 Å². The molecule has 1 amide bonds. The maximum Gasteiger partial charge on any atom is 0.244 e. The Morgan fingerprint density at radius 1 is 1.22 bits per heavy atom. The van der Waals surface area contributed by atoms with Gasteiger partial charge in [-0.25, -0.2) is 4.39 Å². The highest BCUT2D eigenvalue weighted by molar-refractivity contribution is 5.95. The van der Waals surface area contributed by atoms with Gasteiger partial charge in [-0.3, -0.25) is 4.79 Å². The van der Waals surface area contributed by atoms with Crippen LogP contribution >= 0.6 is 0 Å². The van der Waals surface area contributed by atoms with Crippen LogP contribution in [0.1, 0.15) is 29.7 Å². The Balaban J connectivity index is 1.78. The summed E-state index contributed by atoms with van der Waals surface area (Å²) in [6.07, 6.45) is 1.25. The van der Waals surface area contributed by atoms with Crippen molar-refractivity contribution in [2.24, 2.45) is 0 Å². The molecule has 2 aromatic rings. The summed E-state index contributed by atoms with van der Waals surface area (Å²) in [5.41, 5.74) is 2.92. The number of benzene rings is 2. The number of halogens is 1. The Bertz CT molecular complexity index is 769. The first kappa shape index (κ1) is 15.4. The van der Waals surface area contributed by atoms with Gasteiger partial charge in [-0.05, 0) is 29.7 Å². The van der Waals surface area contributed by atoms with E-state index in [1.54, 1.807) is 25.1 Å². The molecule has 2 atom stereocenters. The van der Waals surface area contributed by atoms with Crippen LogP contribution in [0.15, 0.2) is 54.6 Å². The second-order valence-corrected chi connectivity index (χ2v) is 5.76. The summed E-state index contributed by atoms with van der Waals surface area (Å²) >= 11 is 0. The van der Waals surface area contributed by atoms with Crippen LogP contribution < -0.4 is 5.32 Å². The summed E-state index contributed by atoms with van der Waals surface area (Å²) in [4.78, 5) is 12.2. The molecule has 1 aliphatic rings. The van der Waals surface area contributed by atoms with Gasteiger partial charge in [0.2, 0.25) is 5.91 Å². The van der Waals surface area contributed by atoms with Crippen molar-refractivity contribution >= 4 is 11.5 Å². The largest absolute Gasteiger partial charge is 0.390 e. The minimum atomic E-state index is -0.640. The van der Waals surface area contributed by atoms with Gasteiger partial charge in [-0.15, -0.1) is 0 Å². The zero-order valence-electron chi connectivity index (χ0n) is 12.8. The van der Waals surface area contributed by atoms with Crippen molar-refractivity contribution in [2.45, 2.75) is 25.5 Å². The Morgan fingerprint density at radius 2 is 1.91 bits per heavy atom. The summed E-state index contributed by atoms with van der Waals surface area (Å²) in [5.74, 6) is -0.702. The first-order valence-electron chi connectivity index (χ1n) is 7.56. The number of aliphatic hydroxyl groups excluding tert-OH is 1. The molecule has 0 aliphatic heterocycles. The molecular formula is C19H18FNO2. The molecule has 0 aromatic heterocycles. The van der Waals surface area contributed by atoms with Gasteiger partial charge in [0, 0.05) is 18.1 Å². The maximum atomic E-state index is 13.7. The molecular weight excluding hydrogens is 293 g/mol. The first-order valence-corrected chi connectivity index (χ1v) is 7.56. The number of carbonyl (C=O) groups is 1. The van der Waals surface area contributed by atoms with E-state index in [0.717, 1.165) is 11.1 Å². The van der Waals surface area contributed by atoms with Gasteiger partial charge in [-0.2, -0.15) is 0 Å². The lowest BCUT2D eigenvalue weighted by Gasteiger charge is -2.17. The number of hydrogen-bond donors (Lipinski definition) is 2. The highest BCUT2D eigenvalue weighted by Crippen LogP contribution is 2.31. The molecule has 0 bridgehead atoms. The molecule has 118 valence electrons. The van der Waals surface area contributed by atoms with Crippen molar-refractivity contribution in [3.63, 3.8) is 0 Å². The van der Waals surface area contributed by atoms with E-state index in [9.17, 15) is 14.3 Å². The lowest BCUT2D eigenvalue weighted by Crippen LogP contribution is -2.32. The molecule has 2 aromatic carbocycles. The third-order valence-corrected chi connectivity index (χ3v) is 4.15. The second-order valence-electron chi connectivity index (χ2n) is 5.76. The minimum Gasteiger partial charge on any atom is -0.390 e. The fourth-order valence-corrected chi connectivity index (χ4v) is 3.00. The molecule has 0 heterocycles. The van der Waals surface area contributed by atoms with E-state index in [4.69, 9.17) is 0 Å². The Labute approximate surface area is 134 Å². The van der Waals surface area contributed by atoms with E-state index in [1.165, 1.54) is 12.1 Å². The molecule has 1 aliphatic carbocycles. The summed E-state index contributed by atoms with van der Waals surface area (Å²) in [5, 5.41) is 13.0. The summed E-state index contributed by atoms with van der Waals surface area (Å²) < 4.78 is 13.7. The van der Waals surface area contributed by atoms with Gasteiger partial charge in [0.15, 0.2) is 0 Å². The van der Waals surface area contributed by atoms with Crippen molar-refractivity contribution in [3.05, 3.63) is 77.1 Å². The van der Waals surface area contributed by atoms with E-state index in [2.05, 4.69) is 5.32 Å². The number of nitrogens with one attached hydrogen (secondary N) is 1. The molecule has 3 rings (SSSR count). The van der Waals surface area contributed by atoms with Gasteiger partial charge in [0.25, 0.3) is 0 Å². The number of carbonyl (C=O) groups excluding carboxylic acids is 1. The van der Waals surface area contributed by atoms with Crippen molar-refractivity contribution < 1.29 is 14.3 Å². The Morgan fingerprint density at radius 3 is 2.70 bits per heavy atom. The fraction of sp³-hybridized carbons (Fsp3) is 0.211. The van der Waals surface area contributed by atoms with Crippen molar-refractivity contribution in [1.82, 2.24) is 5.32 Å². The molecule has 0 radical (unpaired) electrons. The predicted octanol–water partition coefficient (Wildman–Crippen LogP) is 3.00. The molecule has 2 N–H and O–H groups in total. The topological polar surface area (TPSA) is 49.3 Å². The molecule has 0 saturated heterocycles. The highest BCUT2D eigenvalue weighted by atomic mass is 19.1. The zero-order valence-corrected chi connectivity index (χ0v) is 12.8. The fourth-order valence-electron chi connectivity index (χ4n) is 3.00. The van der Waals surface area contributed by atoms with Crippen LogP contribution in [-0.2, 0) is 11.2 Å². The van der Waals surface area contributed by atoms with Crippen LogP contribution in [0.2, 0.25) is 0 Å². The molecule has 23 heavy (non-hydrogen) atoms.